The summed E-state index contributed by atoms with van der Waals surface area (Å²) in [7, 11) is 3.33. The first-order valence-electron chi connectivity index (χ1n) is 5.07. The Morgan fingerprint density at radius 2 is 1.87 bits per heavy atom. The first-order valence-corrected chi connectivity index (χ1v) is 5.07. The van der Waals surface area contributed by atoms with Crippen molar-refractivity contribution in [2.75, 3.05) is 27.2 Å². The molecule has 1 atom stereocenters. The van der Waals surface area contributed by atoms with Crippen LogP contribution in [0, 0.1) is 0 Å². The van der Waals surface area contributed by atoms with Gasteiger partial charge in [-0.15, -0.1) is 0 Å². The highest BCUT2D eigenvalue weighted by atomic mass is 16.4. The molecule has 1 N–H and O–H groups in total. The molecule has 0 aliphatic carbocycles. The topological polar surface area (TPSA) is 60.9 Å². The molecule has 5 heteroatoms. The molecule has 0 fully saturated rings. The number of carboxylic acid groups (broad SMARTS) is 1. The molecule has 0 radical (unpaired) electrons. The van der Waals surface area contributed by atoms with E-state index in [0.717, 1.165) is 6.42 Å². The van der Waals surface area contributed by atoms with E-state index in [1.165, 1.54) is 4.90 Å². The number of nitrogens with zero attached hydrogens (tertiary/aromatic N) is 2. The Hall–Kier alpha value is -1.10. The van der Waals surface area contributed by atoms with Gasteiger partial charge >= 0.3 is 5.97 Å². The van der Waals surface area contributed by atoms with E-state index in [1.807, 2.05) is 6.92 Å². The molecule has 0 bridgehead atoms. The molecule has 5 nitrogen and oxygen atoms in total. The van der Waals surface area contributed by atoms with Crippen molar-refractivity contribution in [1.82, 2.24) is 9.80 Å². The van der Waals surface area contributed by atoms with Crippen LogP contribution in [0.1, 0.15) is 20.3 Å². The van der Waals surface area contributed by atoms with Gasteiger partial charge in [-0.25, -0.2) is 0 Å². The predicted molar refractivity (Wildman–Crippen MR) is 57.7 cm³/mol. The van der Waals surface area contributed by atoms with E-state index < -0.39 is 12.0 Å². The molecular formula is C10H20N2O3. The third-order valence-electron chi connectivity index (χ3n) is 2.25. The lowest BCUT2D eigenvalue weighted by Crippen LogP contribution is -2.45. The summed E-state index contributed by atoms with van der Waals surface area (Å²) in [4.78, 5) is 25.4. The second kappa shape index (κ2) is 6.40. The number of rotatable bonds is 6. The zero-order chi connectivity index (χ0) is 12.0. The van der Waals surface area contributed by atoms with Crippen molar-refractivity contribution in [2.45, 2.75) is 26.3 Å². The Labute approximate surface area is 90.7 Å². The molecule has 0 heterocycles. The van der Waals surface area contributed by atoms with Gasteiger partial charge in [0.1, 0.15) is 6.04 Å². The number of carbonyl (C=O) groups is 2. The van der Waals surface area contributed by atoms with Crippen molar-refractivity contribution < 1.29 is 14.7 Å². The van der Waals surface area contributed by atoms with Crippen LogP contribution >= 0.6 is 0 Å². The maximum absolute atomic E-state index is 11.4. The number of aliphatic carboxylic acids is 1. The summed E-state index contributed by atoms with van der Waals surface area (Å²) in [6, 6.07) is -0.617. The summed E-state index contributed by atoms with van der Waals surface area (Å²) < 4.78 is 0. The van der Waals surface area contributed by atoms with Crippen LogP contribution < -0.4 is 0 Å². The minimum absolute atomic E-state index is 0.0726. The number of hydrogen-bond acceptors (Lipinski definition) is 3. The maximum Gasteiger partial charge on any atom is 0.320 e. The number of carbonyl (C=O) groups excluding carboxylic acids is 1. The SMILES string of the molecule is CCCN(CC(=O)N(C)C)C(C)C(=O)O. The van der Waals surface area contributed by atoms with Crippen LogP contribution in [0.25, 0.3) is 0 Å². The quantitative estimate of drug-likeness (QED) is 0.692. The molecule has 1 unspecified atom stereocenters. The average Bonchev–Trinajstić information content (AvgIpc) is 2.15. The van der Waals surface area contributed by atoms with Gasteiger partial charge in [0.25, 0.3) is 0 Å². The third kappa shape index (κ3) is 4.78. The lowest BCUT2D eigenvalue weighted by Gasteiger charge is -2.26. The van der Waals surface area contributed by atoms with Crippen molar-refractivity contribution in [3.63, 3.8) is 0 Å². The van der Waals surface area contributed by atoms with Gasteiger partial charge in [-0.05, 0) is 19.9 Å². The maximum atomic E-state index is 11.4. The van der Waals surface area contributed by atoms with Gasteiger partial charge in [-0.1, -0.05) is 6.92 Å². The second-order valence-electron chi connectivity index (χ2n) is 3.77. The number of amides is 1. The van der Waals surface area contributed by atoms with Crippen LogP contribution in [-0.4, -0.2) is 60.0 Å². The fourth-order valence-corrected chi connectivity index (χ4v) is 1.17. The van der Waals surface area contributed by atoms with Gasteiger partial charge in [0, 0.05) is 14.1 Å². The van der Waals surface area contributed by atoms with E-state index in [2.05, 4.69) is 0 Å². The molecule has 0 aliphatic rings. The van der Waals surface area contributed by atoms with Gasteiger partial charge in [-0.3, -0.25) is 14.5 Å². The van der Waals surface area contributed by atoms with Crippen molar-refractivity contribution in [1.29, 1.82) is 0 Å². The first kappa shape index (κ1) is 13.9. The van der Waals surface area contributed by atoms with Crippen molar-refractivity contribution in [3.05, 3.63) is 0 Å². The molecule has 0 aromatic carbocycles. The first-order chi connectivity index (χ1) is 6.90. The molecule has 0 saturated heterocycles. The predicted octanol–water partition coefficient (Wildman–Crippen LogP) is 0.260. The van der Waals surface area contributed by atoms with Gasteiger partial charge < -0.3 is 10.0 Å². The van der Waals surface area contributed by atoms with E-state index in [9.17, 15) is 9.59 Å². The Bertz CT molecular complexity index is 229. The largest absolute Gasteiger partial charge is 0.480 e. The normalized spacial score (nSPS) is 12.6. The highest BCUT2D eigenvalue weighted by Crippen LogP contribution is 2.01. The van der Waals surface area contributed by atoms with Crippen LogP contribution in [0.4, 0.5) is 0 Å². The molecule has 0 aliphatic heterocycles. The summed E-state index contributed by atoms with van der Waals surface area (Å²) in [5.41, 5.74) is 0. The molecule has 0 rings (SSSR count). The number of likely N-dealkylation sites (N-methyl/N-ethyl adjacent to an activating group) is 1. The fourth-order valence-electron chi connectivity index (χ4n) is 1.17. The van der Waals surface area contributed by atoms with Crippen molar-refractivity contribution >= 4 is 11.9 Å². The molecule has 15 heavy (non-hydrogen) atoms. The van der Waals surface area contributed by atoms with Crippen molar-refractivity contribution in [2.24, 2.45) is 0 Å². The fraction of sp³-hybridized carbons (Fsp3) is 0.800. The number of hydrogen-bond donors (Lipinski definition) is 1. The monoisotopic (exact) mass is 216 g/mol. The molecule has 0 spiro atoms. The van der Waals surface area contributed by atoms with Crippen molar-refractivity contribution in [3.8, 4) is 0 Å². The minimum atomic E-state index is -0.894. The molecule has 0 aromatic rings. The summed E-state index contributed by atoms with van der Waals surface area (Å²) in [6.07, 6.45) is 0.832. The van der Waals surface area contributed by atoms with E-state index in [1.54, 1.807) is 25.9 Å². The van der Waals surface area contributed by atoms with Crippen LogP contribution in [0.5, 0.6) is 0 Å². The molecule has 0 saturated carbocycles. The Morgan fingerprint density at radius 3 is 2.20 bits per heavy atom. The minimum Gasteiger partial charge on any atom is -0.480 e. The zero-order valence-corrected chi connectivity index (χ0v) is 9.86. The van der Waals surface area contributed by atoms with Crippen LogP contribution in [0.2, 0.25) is 0 Å². The highest BCUT2D eigenvalue weighted by molar-refractivity contribution is 5.79. The van der Waals surface area contributed by atoms with E-state index in [-0.39, 0.29) is 12.5 Å². The summed E-state index contributed by atoms with van der Waals surface area (Å²) in [5.74, 6) is -0.966. The van der Waals surface area contributed by atoms with E-state index in [4.69, 9.17) is 5.11 Å². The summed E-state index contributed by atoms with van der Waals surface area (Å²) >= 11 is 0. The van der Waals surface area contributed by atoms with E-state index in [0.29, 0.717) is 6.54 Å². The lowest BCUT2D eigenvalue weighted by atomic mass is 10.2. The van der Waals surface area contributed by atoms with Gasteiger partial charge in [0.2, 0.25) is 5.91 Å². The Balaban J connectivity index is 4.39. The molecule has 88 valence electrons. The third-order valence-corrected chi connectivity index (χ3v) is 2.25. The lowest BCUT2D eigenvalue weighted by molar-refractivity contribution is -0.143. The Kier molecular flexibility index (Phi) is 5.93. The van der Waals surface area contributed by atoms with Crippen LogP contribution in [-0.2, 0) is 9.59 Å². The van der Waals surface area contributed by atoms with Gasteiger partial charge in [-0.2, -0.15) is 0 Å². The second-order valence-corrected chi connectivity index (χ2v) is 3.77. The van der Waals surface area contributed by atoms with E-state index >= 15 is 0 Å². The summed E-state index contributed by atoms with van der Waals surface area (Å²) in [5, 5.41) is 8.86. The highest BCUT2D eigenvalue weighted by Gasteiger charge is 2.22. The summed E-state index contributed by atoms with van der Waals surface area (Å²) in [6.45, 7) is 4.34. The van der Waals surface area contributed by atoms with Crippen LogP contribution in [0.3, 0.4) is 0 Å². The average molecular weight is 216 g/mol. The Morgan fingerprint density at radius 1 is 1.33 bits per heavy atom. The zero-order valence-electron chi connectivity index (χ0n) is 9.86. The molecule has 0 aromatic heterocycles. The smallest absolute Gasteiger partial charge is 0.320 e. The van der Waals surface area contributed by atoms with Crippen LogP contribution in [0.15, 0.2) is 0 Å². The standard InChI is InChI=1S/C10H20N2O3/c1-5-6-12(8(2)10(14)15)7-9(13)11(3)4/h8H,5-7H2,1-4H3,(H,14,15). The number of carboxylic acids is 1. The van der Waals surface area contributed by atoms with Gasteiger partial charge in [0.05, 0.1) is 6.54 Å². The molecular weight excluding hydrogens is 196 g/mol. The molecule has 1 amide bonds. The van der Waals surface area contributed by atoms with Gasteiger partial charge in [0.15, 0.2) is 0 Å².